The predicted octanol–water partition coefficient (Wildman–Crippen LogP) is 2.65. The first-order chi connectivity index (χ1) is 7.24. The molecule has 0 saturated carbocycles. The van der Waals surface area contributed by atoms with Gasteiger partial charge in [0.25, 0.3) is 0 Å². The second-order valence-corrected chi connectivity index (χ2v) is 3.22. The van der Waals surface area contributed by atoms with Crippen LogP contribution in [0.2, 0.25) is 0 Å². The van der Waals surface area contributed by atoms with Crippen molar-refractivity contribution < 1.29 is 14.9 Å². The average molecular weight is 204 g/mol. The molecule has 0 aliphatic heterocycles. The van der Waals surface area contributed by atoms with E-state index in [0.29, 0.717) is 23.1 Å². The van der Waals surface area contributed by atoms with Gasteiger partial charge in [-0.15, -0.1) is 0 Å². The number of phenols is 2. The van der Waals surface area contributed by atoms with E-state index in [1.165, 1.54) is 12.1 Å². The molecule has 0 aromatic heterocycles. The van der Waals surface area contributed by atoms with Gasteiger partial charge >= 0.3 is 0 Å². The average Bonchev–Trinajstić information content (AvgIpc) is 2.24. The summed E-state index contributed by atoms with van der Waals surface area (Å²) in [7, 11) is 0. The van der Waals surface area contributed by atoms with Crippen molar-refractivity contribution in [1.29, 1.82) is 0 Å². The molecule has 78 valence electrons. The van der Waals surface area contributed by atoms with Crippen LogP contribution in [0.15, 0.2) is 30.3 Å². The van der Waals surface area contributed by atoms with Crippen molar-refractivity contribution in [2.45, 2.75) is 6.92 Å². The number of aromatic hydroxyl groups is 2. The Labute approximate surface area is 87.5 Å². The van der Waals surface area contributed by atoms with Crippen LogP contribution in [0, 0.1) is 0 Å². The Bertz CT molecular complexity index is 491. The monoisotopic (exact) mass is 204 g/mol. The maximum atomic E-state index is 9.71. The molecule has 0 spiro atoms. The first kappa shape index (κ1) is 9.65. The number of hydrogen-bond acceptors (Lipinski definition) is 3. The molecule has 15 heavy (non-hydrogen) atoms. The van der Waals surface area contributed by atoms with Gasteiger partial charge in [-0.1, -0.05) is 12.1 Å². The summed E-state index contributed by atoms with van der Waals surface area (Å²) in [6, 6.07) is 8.22. The largest absolute Gasteiger partial charge is 0.507 e. The Hall–Kier alpha value is -1.90. The van der Waals surface area contributed by atoms with E-state index in [1.54, 1.807) is 18.2 Å². The van der Waals surface area contributed by atoms with Gasteiger partial charge in [0.1, 0.15) is 17.2 Å². The molecular formula is C12H12O3. The molecule has 0 atom stereocenters. The van der Waals surface area contributed by atoms with Gasteiger partial charge in [-0.3, -0.25) is 0 Å². The predicted molar refractivity (Wildman–Crippen MR) is 58.4 cm³/mol. The number of benzene rings is 2. The molecule has 0 bridgehead atoms. The summed E-state index contributed by atoms with van der Waals surface area (Å²) in [4.78, 5) is 0. The molecule has 3 nitrogen and oxygen atoms in total. The standard InChI is InChI=1S/C12H12O3/c1-2-15-11-5-3-4-8-9(13)6-7-10(14)12(8)11/h3-7,13-14H,2H2,1H3. The van der Waals surface area contributed by atoms with E-state index in [0.717, 1.165) is 0 Å². The van der Waals surface area contributed by atoms with Crippen molar-refractivity contribution in [3.8, 4) is 17.2 Å². The third-order valence-corrected chi connectivity index (χ3v) is 2.26. The fraction of sp³-hybridized carbons (Fsp3) is 0.167. The van der Waals surface area contributed by atoms with Crippen molar-refractivity contribution in [2.24, 2.45) is 0 Å². The van der Waals surface area contributed by atoms with Gasteiger partial charge in [-0.25, -0.2) is 0 Å². The van der Waals surface area contributed by atoms with E-state index >= 15 is 0 Å². The number of hydrogen-bond donors (Lipinski definition) is 2. The van der Waals surface area contributed by atoms with Gasteiger partial charge in [-0.2, -0.15) is 0 Å². The van der Waals surface area contributed by atoms with Crippen molar-refractivity contribution in [1.82, 2.24) is 0 Å². The highest BCUT2D eigenvalue weighted by Crippen LogP contribution is 2.37. The Morgan fingerprint density at radius 3 is 2.53 bits per heavy atom. The van der Waals surface area contributed by atoms with Crippen LogP contribution in [0.5, 0.6) is 17.2 Å². The lowest BCUT2D eigenvalue weighted by Crippen LogP contribution is -1.92. The van der Waals surface area contributed by atoms with Crippen LogP contribution in [0.1, 0.15) is 6.92 Å². The van der Waals surface area contributed by atoms with Gasteiger partial charge in [0.2, 0.25) is 0 Å². The summed E-state index contributed by atoms with van der Waals surface area (Å²) in [6.07, 6.45) is 0. The Kier molecular flexibility index (Phi) is 2.37. The summed E-state index contributed by atoms with van der Waals surface area (Å²) < 4.78 is 5.38. The smallest absolute Gasteiger partial charge is 0.130 e. The molecule has 0 unspecified atom stereocenters. The first-order valence-corrected chi connectivity index (χ1v) is 4.80. The molecule has 0 heterocycles. The van der Waals surface area contributed by atoms with Crippen LogP contribution in [-0.2, 0) is 0 Å². The number of phenolic OH excluding ortho intramolecular Hbond substituents is 2. The molecule has 2 N–H and O–H groups in total. The zero-order chi connectivity index (χ0) is 10.8. The molecule has 0 aliphatic carbocycles. The highest BCUT2D eigenvalue weighted by molar-refractivity contribution is 5.97. The fourth-order valence-electron chi connectivity index (χ4n) is 1.62. The van der Waals surface area contributed by atoms with Crippen molar-refractivity contribution >= 4 is 10.8 Å². The molecule has 0 fully saturated rings. The Morgan fingerprint density at radius 1 is 1.07 bits per heavy atom. The van der Waals surface area contributed by atoms with Gasteiger partial charge in [-0.05, 0) is 25.1 Å². The molecular weight excluding hydrogens is 192 g/mol. The van der Waals surface area contributed by atoms with Crippen LogP contribution in [0.4, 0.5) is 0 Å². The molecule has 2 aromatic rings. The van der Waals surface area contributed by atoms with E-state index in [-0.39, 0.29) is 11.5 Å². The molecule has 0 amide bonds. The minimum absolute atomic E-state index is 0.117. The van der Waals surface area contributed by atoms with E-state index in [2.05, 4.69) is 0 Å². The maximum Gasteiger partial charge on any atom is 0.130 e. The maximum absolute atomic E-state index is 9.71. The van der Waals surface area contributed by atoms with Gasteiger partial charge in [0, 0.05) is 5.39 Å². The van der Waals surface area contributed by atoms with Crippen molar-refractivity contribution in [3.63, 3.8) is 0 Å². The second-order valence-electron chi connectivity index (χ2n) is 3.22. The Morgan fingerprint density at radius 2 is 1.80 bits per heavy atom. The fourth-order valence-corrected chi connectivity index (χ4v) is 1.62. The van der Waals surface area contributed by atoms with Crippen LogP contribution in [0.3, 0.4) is 0 Å². The summed E-state index contributed by atoms with van der Waals surface area (Å²) in [5.41, 5.74) is 0. The van der Waals surface area contributed by atoms with Gasteiger partial charge in [0.05, 0.1) is 12.0 Å². The first-order valence-electron chi connectivity index (χ1n) is 4.80. The molecule has 2 rings (SSSR count). The second kappa shape index (κ2) is 3.69. The van der Waals surface area contributed by atoms with Crippen LogP contribution in [0.25, 0.3) is 10.8 Å². The summed E-state index contributed by atoms with van der Waals surface area (Å²) >= 11 is 0. The molecule has 3 heteroatoms. The van der Waals surface area contributed by atoms with Crippen molar-refractivity contribution in [3.05, 3.63) is 30.3 Å². The quantitative estimate of drug-likeness (QED) is 0.739. The molecule has 0 aliphatic rings. The van der Waals surface area contributed by atoms with Crippen molar-refractivity contribution in [2.75, 3.05) is 6.61 Å². The summed E-state index contributed by atoms with van der Waals surface area (Å²) in [5.74, 6) is 0.847. The number of rotatable bonds is 2. The SMILES string of the molecule is CCOc1cccc2c(O)ccc(O)c12. The minimum Gasteiger partial charge on any atom is -0.507 e. The topological polar surface area (TPSA) is 49.7 Å². The highest BCUT2D eigenvalue weighted by atomic mass is 16.5. The minimum atomic E-state index is 0.117. The lowest BCUT2D eigenvalue weighted by Gasteiger charge is -2.09. The normalized spacial score (nSPS) is 10.5. The zero-order valence-electron chi connectivity index (χ0n) is 8.40. The lowest BCUT2D eigenvalue weighted by molar-refractivity contribution is 0.343. The van der Waals surface area contributed by atoms with E-state index in [4.69, 9.17) is 4.74 Å². The molecule has 0 saturated heterocycles. The summed E-state index contributed by atoms with van der Waals surface area (Å²) in [5, 5.41) is 20.5. The number of fused-ring (bicyclic) bond motifs is 1. The third-order valence-electron chi connectivity index (χ3n) is 2.26. The Balaban J connectivity index is 2.78. The van der Waals surface area contributed by atoms with Gasteiger partial charge in [0.15, 0.2) is 0 Å². The molecule has 0 radical (unpaired) electrons. The zero-order valence-corrected chi connectivity index (χ0v) is 8.40. The third kappa shape index (κ3) is 1.56. The number of ether oxygens (including phenoxy) is 1. The van der Waals surface area contributed by atoms with E-state index in [9.17, 15) is 10.2 Å². The lowest BCUT2D eigenvalue weighted by atomic mass is 10.1. The van der Waals surface area contributed by atoms with Crippen LogP contribution >= 0.6 is 0 Å². The van der Waals surface area contributed by atoms with E-state index < -0.39 is 0 Å². The molecule has 2 aromatic carbocycles. The summed E-state index contributed by atoms with van der Waals surface area (Å²) in [6.45, 7) is 2.40. The van der Waals surface area contributed by atoms with Crippen LogP contribution < -0.4 is 4.74 Å². The van der Waals surface area contributed by atoms with Crippen LogP contribution in [-0.4, -0.2) is 16.8 Å². The van der Waals surface area contributed by atoms with Gasteiger partial charge < -0.3 is 14.9 Å². The highest BCUT2D eigenvalue weighted by Gasteiger charge is 2.09. The van der Waals surface area contributed by atoms with E-state index in [1.807, 2.05) is 6.92 Å².